The third-order valence-corrected chi connectivity index (χ3v) is 6.97. The Balaban J connectivity index is 1.26. The number of β-amino-alcohol motifs (C(OH)–C–C–N with tert-alkyl or cyclic N) is 1. The molecule has 3 heterocycles. The summed E-state index contributed by atoms with van der Waals surface area (Å²) in [6, 6.07) is 1.61. The summed E-state index contributed by atoms with van der Waals surface area (Å²) in [5.41, 5.74) is 0.0880. The average molecular weight is 434 g/mol. The van der Waals surface area contributed by atoms with E-state index in [0.717, 1.165) is 28.4 Å². The number of H-pyrrole nitrogens is 1. The lowest BCUT2D eigenvalue weighted by Gasteiger charge is -2.50. The quantitative estimate of drug-likeness (QED) is 0.667. The number of carbonyl (C=O) groups excluding carboxylic acids is 2. The number of amides is 2. The van der Waals surface area contributed by atoms with Gasteiger partial charge in [-0.05, 0) is 40.0 Å². The Morgan fingerprint density at radius 2 is 2.27 bits per heavy atom. The minimum atomic E-state index is -0.840. The number of nitrogens with zero attached hydrogens (tertiary/aromatic N) is 3. The van der Waals surface area contributed by atoms with Gasteiger partial charge in [0.15, 0.2) is 5.82 Å². The van der Waals surface area contributed by atoms with Crippen molar-refractivity contribution in [2.75, 3.05) is 11.9 Å². The normalized spacial score (nSPS) is 28.3. The Hall–Kier alpha value is -2.46. The summed E-state index contributed by atoms with van der Waals surface area (Å²) < 4.78 is 5.64. The Kier molecular flexibility index (Phi) is 5.54. The summed E-state index contributed by atoms with van der Waals surface area (Å²) in [4.78, 5) is 31.2. The maximum atomic E-state index is 12.3. The van der Waals surface area contributed by atoms with Gasteiger partial charge in [-0.3, -0.25) is 14.8 Å². The van der Waals surface area contributed by atoms with Crippen LogP contribution in [-0.2, 0) is 16.0 Å². The number of hydrogen-bond donors (Lipinski definition) is 3. The molecule has 3 N–H and O–H groups in total. The van der Waals surface area contributed by atoms with Gasteiger partial charge in [0.05, 0.1) is 29.6 Å². The van der Waals surface area contributed by atoms with E-state index < -0.39 is 5.60 Å². The number of hydrogen-bond acceptors (Lipinski definition) is 7. The van der Waals surface area contributed by atoms with Crippen molar-refractivity contribution < 1.29 is 19.4 Å². The smallest absolute Gasteiger partial charge is 0.410 e. The molecule has 2 aromatic rings. The van der Waals surface area contributed by atoms with Gasteiger partial charge >= 0.3 is 6.09 Å². The minimum absolute atomic E-state index is 0.130. The topological polar surface area (TPSA) is 120 Å². The number of aliphatic hydroxyl groups is 1. The van der Waals surface area contributed by atoms with E-state index in [1.165, 1.54) is 11.3 Å². The highest BCUT2D eigenvalue weighted by atomic mass is 32.1. The molecule has 1 saturated heterocycles. The molecule has 9 nitrogen and oxygen atoms in total. The van der Waals surface area contributed by atoms with E-state index in [1.54, 1.807) is 18.0 Å². The standard InChI is InChI=1S/C20H27N5O4S/c1-11-20(3,28)10-25(11)19(27)29-14-5-4-13(6-14)16-8-17(24-23-16)22-18(26)7-15-9-21-12(2)30-15/h8-9,11,13-14,28H,4-7,10H2,1-3H3,(H2,22,23,24,26)/t11-,13-,14+,20+/m0/s1. The molecule has 2 aromatic heterocycles. The SMILES string of the molecule is Cc1ncc(CC(=O)Nc2cc([C@H]3CC[C@@H](OC(=O)N4C[C@@](C)(O)[C@@H]4C)C3)[nH]n2)s1. The number of carbonyl (C=O) groups is 2. The number of likely N-dealkylation sites (tertiary alicyclic amines) is 1. The van der Waals surface area contributed by atoms with E-state index >= 15 is 0 Å². The van der Waals surface area contributed by atoms with E-state index in [2.05, 4.69) is 20.5 Å². The van der Waals surface area contributed by atoms with Crippen molar-refractivity contribution >= 4 is 29.2 Å². The van der Waals surface area contributed by atoms with Crippen LogP contribution in [-0.4, -0.2) is 61.5 Å². The second kappa shape index (κ2) is 7.99. The molecule has 2 aliphatic rings. The number of aromatic nitrogens is 3. The molecule has 1 aliphatic carbocycles. The molecule has 1 saturated carbocycles. The Bertz CT molecular complexity index is 939. The van der Waals surface area contributed by atoms with Gasteiger partial charge in [0.25, 0.3) is 0 Å². The molecule has 0 aromatic carbocycles. The molecule has 30 heavy (non-hydrogen) atoms. The van der Waals surface area contributed by atoms with Crippen LogP contribution in [0.3, 0.4) is 0 Å². The molecular formula is C20H27N5O4S. The Labute approximate surface area is 178 Å². The zero-order valence-corrected chi connectivity index (χ0v) is 18.2. The van der Waals surface area contributed by atoms with Crippen molar-refractivity contribution in [2.45, 2.75) is 70.1 Å². The van der Waals surface area contributed by atoms with Gasteiger partial charge in [-0.1, -0.05) is 0 Å². The van der Waals surface area contributed by atoms with Gasteiger partial charge < -0.3 is 15.2 Å². The van der Waals surface area contributed by atoms with Crippen molar-refractivity contribution in [1.82, 2.24) is 20.1 Å². The molecular weight excluding hydrogens is 406 g/mol. The van der Waals surface area contributed by atoms with Gasteiger partial charge in [-0.25, -0.2) is 9.78 Å². The summed E-state index contributed by atoms with van der Waals surface area (Å²) in [7, 11) is 0. The van der Waals surface area contributed by atoms with E-state index in [4.69, 9.17) is 4.74 Å². The van der Waals surface area contributed by atoms with Crippen LogP contribution in [0.15, 0.2) is 12.3 Å². The van der Waals surface area contributed by atoms with Gasteiger partial charge in [0.2, 0.25) is 5.91 Å². The molecule has 2 amide bonds. The first kappa shape index (κ1) is 20.8. The third kappa shape index (κ3) is 4.34. The number of aryl methyl sites for hydroxylation is 1. The fourth-order valence-electron chi connectivity index (χ4n) is 4.04. The van der Waals surface area contributed by atoms with Gasteiger partial charge in [0, 0.05) is 28.8 Å². The lowest BCUT2D eigenvalue weighted by molar-refractivity contribution is -0.123. The fourth-order valence-corrected chi connectivity index (χ4v) is 4.84. The van der Waals surface area contributed by atoms with Crippen LogP contribution in [0.2, 0.25) is 0 Å². The largest absolute Gasteiger partial charge is 0.446 e. The summed E-state index contributed by atoms with van der Waals surface area (Å²) in [5, 5.41) is 21.0. The fraction of sp³-hybridized carbons (Fsp3) is 0.600. The van der Waals surface area contributed by atoms with E-state index in [0.29, 0.717) is 18.8 Å². The van der Waals surface area contributed by atoms with Crippen molar-refractivity contribution in [3.63, 3.8) is 0 Å². The minimum Gasteiger partial charge on any atom is -0.446 e. The average Bonchev–Trinajstić information content (AvgIpc) is 3.41. The van der Waals surface area contributed by atoms with Gasteiger partial charge in [0.1, 0.15) is 6.10 Å². The van der Waals surface area contributed by atoms with Crippen molar-refractivity contribution in [2.24, 2.45) is 0 Å². The van der Waals surface area contributed by atoms with E-state index in [9.17, 15) is 14.7 Å². The predicted octanol–water partition coefficient (Wildman–Crippen LogP) is 2.58. The highest BCUT2D eigenvalue weighted by Gasteiger charge is 2.48. The van der Waals surface area contributed by atoms with Crippen LogP contribution < -0.4 is 5.32 Å². The summed E-state index contributed by atoms with van der Waals surface area (Å²) in [6.45, 7) is 5.75. The molecule has 0 radical (unpaired) electrons. The molecule has 2 fully saturated rings. The molecule has 4 atom stereocenters. The van der Waals surface area contributed by atoms with Gasteiger partial charge in [-0.15, -0.1) is 11.3 Å². The molecule has 0 unspecified atom stereocenters. The van der Waals surface area contributed by atoms with Crippen molar-refractivity contribution in [3.05, 3.63) is 27.8 Å². The van der Waals surface area contributed by atoms with Crippen molar-refractivity contribution in [1.29, 1.82) is 0 Å². The highest BCUT2D eigenvalue weighted by Crippen LogP contribution is 2.37. The second-order valence-corrected chi connectivity index (χ2v) is 9.78. The maximum absolute atomic E-state index is 12.3. The van der Waals surface area contributed by atoms with Crippen LogP contribution in [0.25, 0.3) is 0 Å². The predicted molar refractivity (Wildman–Crippen MR) is 111 cm³/mol. The summed E-state index contributed by atoms with van der Waals surface area (Å²) >= 11 is 1.51. The molecule has 0 bridgehead atoms. The number of anilines is 1. The Morgan fingerprint density at radius 1 is 1.47 bits per heavy atom. The number of rotatable bonds is 5. The van der Waals surface area contributed by atoms with Gasteiger partial charge in [-0.2, -0.15) is 5.10 Å². The number of nitrogens with one attached hydrogen (secondary N) is 2. The third-order valence-electron chi connectivity index (χ3n) is 6.05. The van der Waals surface area contributed by atoms with Crippen LogP contribution in [0, 0.1) is 6.92 Å². The summed E-state index contributed by atoms with van der Waals surface area (Å²) in [6.07, 6.45) is 3.84. The zero-order valence-electron chi connectivity index (χ0n) is 17.3. The number of ether oxygens (including phenoxy) is 1. The van der Waals surface area contributed by atoms with Crippen molar-refractivity contribution in [3.8, 4) is 0 Å². The second-order valence-electron chi connectivity index (χ2n) is 8.46. The first-order valence-electron chi connectivity index (χ1n) is 10.2. The lowest BCUT2D eigenvalue weighted by atomic mass is 9.87. The monoisotopic (exact) mass is 433 g/mol. The molecule has 4 rings (SSSR count). The molecule has 162 valence electrons. The first-order valence-corrected chi connectivity index (χ1v) is 11.0. The zero-order chi connectivity index (χ0) is 21.5. The Morgan fingerprint density at radius 3 is 2.93 bits per heavy atom. The lowest BCUT2D eigenvalue weighted by Crippen LogP contribution is -2.68. The summed E-state index contributed by atoms with van der Waals surface area (Å²) in [5.74, 6) is 0.560. The van der Waals surface area contributed by atoms with Crippen LogP contribution in [0.1, 0.15) is 54.6 Å². The first-order chi connectivity index (χ1) is 14.2. The molecule has 1 aliphatic heterocycles. The number of aromatic amines is 1. The van der Waals surface area contributed by atoms with E-state index in [-0.39, 0.29) is 36.5 Å². The number of thiazole rings is 1. The highest BCUT2D eigenvalue weighted by molar-refractivity contribution is 7.11. The molecule has 0 spiro atoms. The van der Waals surface area contributed by atoms with E-state index in [1.807, 2.05) is 19.9 Å². The van der Waals surface area contributed by atoms with Crippen LogP contribution in [0.4, 0.5) is 10.6 Å². The molecule has 10 heteroatoms. The van der Waals surface area contributed by atoms with Crippen LogP contribution >= 0.6 is 11.3 Å². The maximum Gasteiger partial charge on any atom is 0.410 e. The van der Waals surface area contributed by atoms with Crippen LogP contribution in [0.5, 0.6) is 0 Å².